The van der Waals surface area contributed by atoms with Gasteiger partial charge in [-0.1, -0.05) is 0 Å². The summed E-state index contributed by atoms with van der Waals surface area (Å²) in [7, 11) is 0. The molecule has 2 nitrogen and oxygen atoms in total. The quantitative estimate of drug-likeness (QED) is 0.598. The van der Waals surface area contributed by atoms with Crippen molar-refractivity contribution in [1.29, 1.82) is 0 Å². The second kappa shape index (κ2) is 6.75. The van der Waals surface area contributed by atoms with Crippen LogP contribution in [0.4, 0.5) is 0 Å². The summed E-state index contributed by atoms with van der Waals surface area (Å²) >= 11 is 1.89. The standard InChI is InChI=1S/C9H21NOS/c1-9(2,8-11)10-6-4-5-7-12-3/h10-11H,4-8H2,1-3H3. The summed E-state index contributed by atoms with van der Waals surface area (Å²) in [4.78, 5) is 0. The maximum atomic E-state index is 8.93. The zero-order valence-corrected chi connectivity index (χ0v) is 9.21. The normalized spacial score (nSPS) is 12.0. The third-order valence-electron chi connectivity index (χ3n) is 1.77. The molecule has 12 heavy (non-hydrogen) atoms. The zero-order chi connectivity index (χ0) is 9.45. The van der Waals surface area contributed by atoms with Crippen molar-refractivity contribution < 1.29 is 5.11 Å². The van der Waals surface area contributed by atoms with Crippen molar-refractivity contribution in [2.24, 2.45) is 0 Å². The van der Waals surface area contributed by atoms with Gasteiger partial charge >= 0.3 is 0 Å². The van der Waals surface area contributed by atoms with Gasteiger partial charge in [0.15, 0.2) is 0 Å². The van der Waals surface area contributed by atoms with Crippen molar-refractivity contribution in [1.82, 2.24) is 5.32 Å². The summed E-state index contributed by atoms with van der Waals surface area (Å²) in [5.41, 5.74) is -0.112. The van der Waals surface area contributed by atoms with E-state index in [4.69, 9.17) is 5.11 Å². The lowest BCUT2D eigenvalue weighted by Crippen LogP contribution is -2.43. The Bertz CT molecular complexity index is 107. The van der Waals surface area contributed by atoms with Gasteiger partial charge in [0, 0.05) is 5.54 Å². The van der Waals surface area contributed by atoms with Crippen LogP contribution in [0.3, 0.4) is 0 Å². The van der Waals surface area contributed by atoms with Crippen molar-refractivity contribution in [3.63, 3.8) is 0 Å². The summed E-state index contributed by atoms with van der Waals surface area (Å²) < 4.78 is 0. The molecule has 0 aromatic heterocycles. The minimum absolute atomic E-state index is 0.112. The van der Waals surface area contributed by atoms with E-state index in [-0.39, 0.29) is 12.1 Å². The molecule has 0 aliphatic heterocycles. The summed E-state index contributed by atoms with van der Waals surface area (Å²) in [5, 5.41) is 12.2. The van der Waals surface area contributed by atoms with E-state index >= 15 is 0 Å². The molecule has 0 atom stereocenters. The average molecular weight is 191 g/mol. The number of unbranched alkanes of at least 4 members (excludes halogenated alkanes) is 1. The van der Waals surface area contributed by atoms with Crippen LogP contribution in [0, 0.1) is 0 Å². The topological polar surface area (TPSA) is 32.3 Å². The molecule has 0 fully saturated rings. The second-order valence-electron chi connectivity index (χ2n) is 3.67. The number of rotatable bonds is 7. The number of aliphatic hydroxyl groups is 1. The minimum atomic E-state index is -0.112. The summed E-state index contributed by atoms with van der Waals surface area (Å²) in [6.45, 7) is 5.24. The highest BCUT2D eigenvalue weighted by atomic mass is 32.2. The van der Waals surface area contributed by atoms with Crippen molar-refractivity contribution >= 4 is 11.8 Å². The summed E-state index contributed by atoms with van der Waals surface area (Å²) in [6.07, 6.45) is 4.59. The Hall–Kier alpha value is 0.270. The van der Waals surface area contributed by atoms with E-state index in [2.05, 4.69) is 11.6 Å². The van der Waals surface area contributed by atoms with Crippen LogP contribution >= 0.6 is 11.8 Å². The van der Waals surface area contributed by atoms with Gasteiger partial charge in [0.25, 0.3) is 0 Å². The number of hydrogen-bond donors (Lipinski definition) is 2. The first kappa shape index (κ1) is 12.3. The Labute approximate surface area is 80.1 Å². The van der Waals surface area contributed by atoms with E-state index in [1.807, 2.05) is 25.6 Å². The molecule has 0 aliphatic carbocycles. The molecule has 0 spiro atoms. The van der Waals surface area contributed by atoms with Crippen LogP contribution < -0.4 is 5.32 Å². The van der Waals surface area contributed by atoms with Crippen LogP contribution in [0.15, 0.2) is 0 Å². The van der Waals surface area contributed by atoms with Gasteiger partial charge in [-0.25, -0.2) is 0 Å². The van der Waals surface area contributed by atoms with Gasteiger partial charge in [-0.05, 0) is 45.2 Å². The van der Waals surface area contributed by atoms with E-state index in [0.29, 0.717) is 0 Å². The third-order valence-corrected chi connectivity index (χ3v) is 2.47. The molecule has 0 unspecified atom stereocenters. The van der Waals surface area contributed by atoms with Gasteiger partial charge in [0.2, 0.25) is 0 Å². The fourth-order valence-corrected chi connectivity index (χ4v) is 1.35. The van der Waals surface area contributed by atoms with Gasteiger partial charge in [0.1, 0.15) is 0 Å². The Kier molecular flexibility index (Phi) is 6.90. The Balaban J connectivity index is 3.19. The molecule has 0 heterocycles. The lowest BCUT2D eigenvalue weighted by atomic mass is 10.1. The number of aliphatic hydroxyl groups excluding tert-OH is 1. The zero-order valence-electron chi connectivity index (χ0n) is 8.39. The molecule has 74 valence electrons. The first-order chi connectivity index (χ1) is 5.62. The van der Waals surface area contributed by atoms with Crippen molar-refractivity contribution in [3.8, 4) is 0 Å². The maximum Gasteiger partial charge on any atom is 0.0607 e. The molecule has 0 saturated heterocycles. The van der Waals surface area contributed by atoms with Crippen LogP contribution in [0.2, 0.25) is 0 Å². The number of thioether (sulfide) groups is 1. The van der Waals surface area contributed by atoms with Crippen LogP contribution in [0.1, 0.15) is 26.7 Å². The van der Waals surface area contributed by atoms with E-state index in [0.717, 1.165) is 6.54 Å². The van der Waals surface area contributed by atoms with Crippen molar-refractivity contribution in [2.75, 3.05) is 25.2 Å². The van der Waals surface area contributed by atoms with Crippen LogP contribution in [0.5, 0.6) is 0 Å². The SMILES string of the molecule is CSCCCCNC(C)(C)CO. The summed E-state index contributed by atoms with van der Waals surface area (Å²) in [6, 6.07) is 0. The predicted octanol–water partition coefficient (Wildman–Crippen LogP) is 1.49. The molecule has 0 amide bonds. The van der Waals surface area contributed by atoms with Gasteiger partial charge in [-0.3, -0.25) is 0 Å². The fourth-order valence-electron chi connectivity index (χ4n) is 0.854. The largest absolute Gasteiger partial charge is 0.394 e. The molecule has 3 heteroatoms. The van der Waals surface area contributed by atoms with Gasteiger partial charge in [0.05, 0.1) is 6.61 Å². The molecule has 0 rings (SSSR count). The third kappa shape index (κ3) is 6.95. The molecule has 0 bridgehead atoms. The molecule has 0 aliphatic rings. The summed E-state index contributed by atoms with van der Waals surface area (Å²) in [5.74, 6) is 1.24. The number of hydrogen-bond acceptors (Lipinski definition) is 3. The van der Waals surface area contributed by atoms with E-state index in [9.17, 15) is 0 Å². The van der Waals surface area contributed by atoms with Crippen molar-refractivity contribution in [2.45, 2.75) is 32.2 Å². The first-order valence-electron chi connectivity index (χ1n) is 4.47. The minimum Gasteiger partial charge on any atom is -0.394 e. The smallest absolute Gasteiger partial charge is 0.0607 e. The predicted molar refractivity (Wildman–Crippen MR) is 56.8 cm³/mol. The van der Waals surface area contributed by atoms with Gasteiger partial charge in [-0.15, -0.1) is 0 Å². The molecule has 2 N–H and O–H groups in total. The average Bonchev–Trinajstić information content (AvgIpc) is 2.04. The highest BCUT2D eigenvalue weighted by Gasteiger charge is 2.13. The lowest BCUT2D eigenvalue weighted by Gasteiger charge is -2.23. The number of nitrogens with one attached hydrogen (secondary N) is 1. The van der Waals surface area contributed by atoms with Crippen LogP contribution in [-0.2, 0) is 0 Å². The Morgan fingerprint density at radius 3 is 2.50 bits per heavy atom. The second-order valence-corrected chi connectivity index (χ2v) is 4.65. The maximum absolute atomic E-state index is 8.93. The van der Waals surface area contributed by atoms with E-state index in [1.54, 1.807) is 0 Å². The lowest BCUT2D eigenvalue weighted by molar-refractivity contribution is 0.188. The molecule has 0 saturated carbocycles. The Morgan fingerprint density at radius 1 is 1.33 bits per heavy atom. The molecule has 0 aromatic carbocycles. The fraction of sp³-hybridized carbons (Fsp3) is 1.00. The van der Waals surface area contributed by atoms with Crippen LogP contribution in [-0.4, -0.2) is 35.8 Å². The van der Waals surface area contributed by atoms with Gasteiger partial charge < -0.3 is 10.4 Å². The molecule has 0 radical (unpaired) electrons. The highest BCUT2D eigenvalue weighted by Crippen LogP contribution is 2.02. The van der Waals surface area contributed by atoms with Gasteiger partial charge in [-0.2, -0.15) is 11.8 Å². The first-order valence-corrected chi connectivity index (χ1v) is 5.86. The highest BCUT2D eigenvalue weighted by molar-refractivity contribution is 7.98. The van der Waals surface area contributed by atoms with E-state index < -0.39 is 0 Å². The molecular formula is C9H21NOS. The van der Waals surface area contributed by atoms with Crippen LogP contribution in [0.25, 0.3) is 0 Å². The molecular weight excluding hydrogens is 170 g/mol. The van der Waals surface area contributed by atoms with Crippen molar-refractivity contribution in [3.05, 3.63) is 0 Å². The van der Waals surface area contributed by atoms with E-state index in [1.165, 1.54) is 18.6 Å². The molecule has 0 aromatic rings. The Morgan fingerprint density at radius 2 is 2.00 bits per heavy atom. The monoisotopic (exact) mass is 191 g/mol.